The van der Waals surface area contributed by atoms with Crippen LogP contribution in [0.3, 0.4) is 0 Å². The number of nitrogens with zero attached hydrogens (tertiary/aromatic N) is 1. The Balaban J connectivity index is 1.46. The van der Waals surface area contributed by atoms with Gasteiger partial charge in [0, 0.05) is 36.1 Å². The highest BCUT2D eigenvalue weighted by molar-refractivity contribution is 7.99. The number of carbonyl (C=O) groups is 1. The molecule has 1 saturated carbocycles. The van der Waals surface area contributed by atoms with Crippen molar-refractivity contribution < 1.29 is 9.90 Å². The van der Waals surface area contributed by atoms with Crippen LogP contribution in [0.4, 0.5) is 0 Å². The maximum absolute atomic E-state index is 12.3. The van der Waals surface area contributed by atoms with Crippen molar-refractivity contribution in [3.8, 4) is 0 Å². The highest BCUT2D eigenvalue weighted by atomic mass is 35.5. The Bertz CT molecular complexity index is 525. The number of carbonyl (C=O) groups excluding carboxylic acids is 1. The summed E-state index contributed by atoms with van der Waals surface area (Å²) in [6.45, 7) is 1.57. The first-order valence-electron chi connectivity index (χ1n) is 7.48. The van der Waals surface area contributed by atoms with Crippen molar-refractivity contribution in [3.63, 3.8) is 0 Å². The minimum Gasteiger partial charge on any atom is -0.393 e. The molecule has 3 nitrogen and oxygen atoms in total. The molecule has 114 valence electrons. The lowest BCUT2D eigenvalue weighted by atomic mass is 10.00. The molecule has 1 aliphatic heterocycles. The van der Waals surface area contributed by atoms with Gasteiger partial charge < -0.3 is 10.0 Å². The van der Waals surface area contributed by atoms with Crippen molar-refractivity contribution in [2.45, 2.75) is 30.3 Å². The molecule has 21 heavy (non-hydrogen) atoms. The van der Waals surface area contributed by atoms with Crippen molar-refractivity contribution >= 4 is 29.3 Å². The van der Waals surface area contributed by atoms with Crippen LogP contribution < -0.4 is 0 Å². The summed E-state index contributed by atoms with van der Waals surface area (Å²) in [4.78, 5) is 15.2. The average molecular weight is 326 g/mol. The minimum atomic E-state index is -0.203. The molecule has 5 heteroatoms. The number of benzene rings is 1. The van der Waals surface area contributed by atoms with Crippen LogP contribution in [0.15, 0.2) is 29.2 Å². The van der Waals surface area contributed by atoms with Crippen LogP contribution in [0.2, 0.25) is 5.02 Å². The van der Waals surface area contributed by atoms with E-state index in [2.05, 4.69) is 0 Å². The zero-order valence-electron chi connectivity index (χ0n) is 11.9. The van der Waals surface area contributed by atoms with E-state index in [9.17, 15) is 9.90 Å². The van der Waals surface area contributed by atoms with E-state index in [1.165, 1.54) is 0 Å². The molecule has 1 saturated heterocycles. The fraction of sp³-hybridized carbons (Fsp3) is 0.562. The van der Waals surface area contributed by atoms with Gasteiger partial charge in [0.2, 0.25) is 5.91 Å². The number of halogens is 1. The van der Waals surface area contributed by atoms with Gasteiger partial charge in [0.05, 0.1) is 11.1 Å². The molecule has 3 atom stereocenters. The first kappa shape index (κ1) is 15.2. The summed E-state index contributed by atoms with van der Waals surface area (Å²) in [5, 5.41) is 10.6. The Morgan fingerprint density at radius 1 is 1.33 bits per heavy atom. The summed E-state index contributed by atoms with van der Waals surface area (Å²) in [6.07, 6.45) is 2.29. The van der Waals surface area contributed by atoms with Crippen molar-refractivity contribution in [2.75, 3.05) is 18.8 Å². The number of thioether (sulfide) groups is 1. The van der Waals surface area contributed by atoms with Crippen LogP contribution in [0.1, 0.15) is 19.3 Å². The van der Waals surface area contributed by atoms with Crippen LogP contribution in [0.5, 0.6) is 0 Å². The second kappa shape index (κ2) is 6.59. The lowest BCUT2D eigenvalue weighted by Gasteiger charge is -2.18. The molecule has 2 aliphatic rings. The fourth-order valence-corrected chi connectivity index (χ4v) is 4.59. The van der Waals surface area contributed by atoms with Gasteiger partial charge in [-0.1, -0.05) is 23.7 Å². The molecule has 0 spiro atoms. The smallest absolute Gasteiger partial charge is 0.223 e. The van der Waals surface area contributed by atoms with Crippen molar-refractivity contribution in [2.24, 2.45) is 11.8 Å². The normalized spacial score (nSPS) is 27.9. The summed E-state index contributed by atoms with van der Waals surface area (Å²) < 4.78 is 0. The predicted molar refractivity (Wildman–Crippen MR) is 85.6 cm³/mol. The third-order valence-electron chi connectivity index (χ3n) is 4.58. The van der Waals surface area contributed by atoms with Crippen LogP contribution in [-0.2, 0) is 4.79 Å². The fourth-order valence-electron chi connectivity index (χ4n) is 3.41. The van der Waals surface area contributed by atoms with Crippen molar-refractivity contribution in [1.82, 2.24) is 4.90 Å². The molecule has 1 aromatic carbocycles. The van der Waals surface area contributed by atoms with Gasteiger partial charge in [0.15, 0.2) is 0 Å². The quantitative estimate of drug-likeness (QED) is 0.865. The average Bonchev–Trinajstić information content (AvgIpc) is 3.04. The zero-order valence-corrected chi connectivity index (χ0v) is 13.4. The number of amides is 1. The van der Waals surface area contributed by atoms with E-state index in [0.717, 1.165) is 41.6 Å². The van der Waals surface area contributed by atoms with E-state index in [4.69, 9.17) is 11.6 Å². The summed E-state index contributed by atoms with van der Waals surface area (Å²) >= 11 is 7.73. The van der Waals surface area contributed by atoms with Gasteiger partial charge in [-0.05, 0) is 30.9 Å². The molecule has 1 amide bonds. The monoisotopic (exact) mass is 325 g/mol. The van der Waals surface area contributed by atoms with Gasteiger partial charge in [0.1, 0.15) is 0 Å². The van der Waals surface area contributed by atoms with Gasteiger partial charge in [-0.25, -0.2) is 0 Å². The molecule has 3 rings (SSSR count). The van der Waals surface area contributed by atoms with Gasteiger partial charge in [-0.15, -0.1) is 11.8 Å². The summed E-state index contributed by atoms with van der Waals surface area (Å²) in [6, 6.07) is 7.72. The second-order valence-corrected chi connectivity index (χ2v) is 7.44. The Hall–Kier alpha value is -0.710. The molecule has 1 aromatic rings. The number of hydrogen-bond acceptors (Lipinski definition) is 3. The van der Waals surface area contributed by atoms with Gasteiger partial charge in [-0.2, -0.15) is 0 Å². The van der Waals surface area contributed by atoms with Crippen LogP contribution in [-0.4, -0.2) is 40.9 Å². The molecule has 1 aliphatic carbocycles. The second-order valence-electron chi connectivity index (χ2n) is 5.90. The van der Waals surface area contributed by atoms with E-state index in [1.807, 2.05) is 29.2 Å². The number of aliphatic hydroxyl groups excluding tert-OH is 1. The zero-order chi connectivity index (χ0) is 14.8. The Labute approximate surface area is 134 Å². The van der Waals surface area contributed by atoms with Crippen LogP contribution >= 0.6 is 23.4 Å². The molecule has 2 fully saturated rings. The van der Waals surface area contributed by atoms with E-state index in [-0.39, 0.29) is 12.0 Å². The number of aliphatic hydroxyl groups is 1. The molecular formula is C16H20ClNO2S. The Morgan fingerprint density at radius 3 is 2.90 bits per heavy atom. The number of hydrogen-bond donors (Lipinski definition) is 1. The van der Waals surface area contributed by atoms with E-state index >= 15 is 0 Å². The van der Waals surface area contributed by atoms with Gasteiger partial charge >= 0.3 is 0 Å². The highest BCUT2D eigenvalue weighted by Gasteiger charge is 2.42. The van der Waals surface area contributed by atoms with Crippen LogP contribution in [0.25, 0.3) is 0 Å². The molecule has 1 N–H and O–H groups in total. The largest absolute Gasteiger partial charge is 0.393 e. The number of likely N-dealkylation sites (tertiary alicyclic amines) is 1. The molecule has 3 unspecified atom stereocenters. The van der Waals surface area contributed by atoms with Crippen molar-refractivity contribution in [1.29, 1.82) is 0 Å². The SMILES string of the molecule is O=C(CCSc1ccccc1Cl)N1CC2CCC(O)C2C1. The Morgan fingerprint density at radius 2 is 2.14 bits per heavy atom. The van der Waals surface area contributed by atoms with Crippen LogP contribution in [0, 0.1) is 11.8 Å². The standard InChI is InChI=1S/C16H20ClNO2S/c17-13-3-1-2-4-15(13)21-8-7-16(20)18-9-11-5-6-14(19)12(11)10-18/h1-4,11-12,14,19H,5-10H2. The summed E-state index contributed by atoms with van der Waals surface area (Å²) in [5.74, 6) is 1.78. The predicted octanol–water partition coefficient (Wildman–Crippen LogP) is 3.05. The van der Waals surface area contributed by atoms with E-state index in [0.29, 0.717) is 18.3 Å². The molecule has 1 heterocycles. The number of fused-ring (bicyclic) bond motifs is 1. The lowest BCUT2D eigenvalue weighted by Crippen LogP contribution is -2.31. The Kier molecular flexibility index (Phi) is 4.77. The molecule has 0 aromatic heterocycles. The lowest BCUT2D eigenvalue weighted by molar-refractivity contribution is -0.130. The highest BCUT2D eigenvalue weighted by Crippen LogP contribution is 2.38. The van der Waals surface area contributed by atoms with Gasteiger partial charge in [0.25, 0.3) is 0 Å². The van der Waals surface area contributed by atoms with Gasteiger partial charge in [-0.3, -0.25) is 4.79 Å². The van der Waals surface area contributed by atoms with E-state index in [1.54, 1.807) is 11.8 Å². The van der Waals surface area contributed by atoms with Crippen molar-refractivity contribution in [3.05, 3.63) is 29.3 Å². The molecule has 0 radical (unpaired) electrons. The molecular weight excluding hydrogens is 306 g/mol. The summed E-state index contributed by atoms with van der Waals surface area (Å²) in [7, 11) is 0. The number of rotatable bonds is 4. The van der Waals surface area contributed by atoms with E-state index < -0.39 is 0 Å². The maximum Gasteiger partial charge on any atom is 0.223 e. The topological polar surface area (TPSA) is 40.5 Å². The minimum absolute atomic E-state index is 0.203. The molecule has 0 bridgehead atoms. The first-order chi connectivity index (χ1) is 10.1. The third-order valence-corrected chi connectivity index (χ3v) is 6.10. The summed E-state index contributed by atoms with van der Waals surface area (Å²) in [5.41, 5.74) is 0. The first-order valence-corrected chi connectivity index (χ1v) is 8.84. The maximum atomic E-state index is 12.3. The third kappa shape index (κ3) is 3.38.